The molecule has 0 aliphatic heterocycles. The minimum Gasteiger partial charge on any atom is -0.455 e. The van der Waals surface area contributed by atoms with Gasteiger partial charge in [0, 0.05) is 16.3 Å². The largest absolute Gasteiger partial charge is 0.455 e. The molecule has 25 heavy (non-hydrogen) atoms. The molecule has 3 aromatic rings. The predicted molar refractivity (Wildman–Crippen MR) is 99.8 cm³/mol. The minimum absolute atomic E-state index is 0.134. The molecule has 0 spiro atoms. The highest BCUT2D eigenvalue weighted by atomic mass is 35.5. The number of hydrazone groups is 1. The number of halogens is 1. The Balaban J connectivity index is 1.50. The lowest BCUT2D eigenvalue weighted by molar-refractivity contribution is -0.119. The molecule has 0 radical (unpaired) electrons. The number of benzene rings is 2. The lowest BCUT2D eigenvalue weighted by Gasteiger charge is -2.04. The Morgan fingerprint density at radius 3 is 2.56 bits per heavy atom. The number of furan rings is 1. The number of nitrogens with zero attached hydrogens (tertiary/aromatic N) is 1. The molecule has 126 valence electrons. The quantitative estimate of drug-likeness (QED) is 0.516. The van der Waals surface area contributed by atoms with Crippen molar-refractivity contribution in [1.29, 1.82) is 0 Å². The van der Waals surface area contributed by atoms with Gasteiger partial charge < -0.3 is 9.73 Å². The molecule has 0 aliphatic carbocycles. The monoisotopic (exact) mass is 353 g/mol. The van der Waals surface area contributed by atoms with Gasteiger partial charge in [0.2, 0.25) is 0 Å². The third-order valence-electron chi connectivity index (χ3n) is 3.36. The van der Waals surface area contributed by atoms with Crippen molar-refractivity contribution in [2.45, 2.75) is 0 Å². The highest BCUT2D eigenvalue weighted by molar-refractivity contribution is 6.30. The number of hydrogen-bond donors (Lipinski definition) is 2. The van der Waals surface area contributed by atoms with Gasteiger partial charge in [0.1, 0.15) is 11.5 Å². The third-order valence-corrected chi connectivity index (χ3v) is 3.62. The van der Waals surface area contributed by atoms with Crippen LogP contribution >= 0.6 is 11.6 Å². The molecule has 0 atom stereocenters. The van der Waals surface area contributed by atoms with Crippen LogP contribution < -0.4 is 10.7 Å². The Kier molecular flexibility index (Phi) is 5.49. The average Bonchev–Trinajstić information content (AvgIpc) is 3.10. The summed E-state index contributed by atoms with van der Waals surface area (Å²) in [5.41, 5.74) is 4.24. The number of hydrogen-bond acceptors (Lipinski definition) is 4. The molecule has 2 aromatic carbocycles. The van der Waals surface area contributed by atoms with Gasteiger partial charge in [-0.05, 0) is 48.5 Å². The maximum Gasteiger partial charge on any atom is 0.259 e. The molecule has 3 rings (SSSR count). The van der Waals surface area contributed by atoms with Gasteiger partial charge in [0.05, 0.1) is 12.8 Å². The number of rotatable bonds is 6. The number of carbonyl (C=O) groups excluding carboxylic acids is 1. The van der Waals surface area contributed by atoms with Crippen molar-refractivity contribution in [2.24, 2.45) is 5.10 Å². The molecule has 1 amide bonds. The van der Waals surface area contributed by atoms with E-state index < -0.39 is 0 Å². The van der Waals surface area contributed by atoms with E-state index in [1.54, 1.807) is 18.2 Å². The van der Waals surface area contributed by atoms with E-state index >= 15 is 0 Å². The third kappa shape index (κ3) is 4.96. The van der Waals surface area contributed by atoms with E-state index in [0.29, 0.717) is 16.5 Å². The first kappa shape index (κ1) is 16.8. The fourth-order valence-corrected chi connectivity index (χ4v) is 2.26. The van der Waals surface area contributed by atoms with Gasteiger partial charge in [0.25, 0.3) is 5.91 Å². The number of carbonyl (C=O) groups is 1. The zero-order valence-electron chi connectivity index (χ0n) is 13.3. The van der Waals surface area contributed by atoms with Crippen molar-refractivity contribution in [3.05, 3.63) is 77.5 Å². The van der Waals surface area contributed by atoms with E-state index in [9.17, 15) is 4.79 Å². The number of nitrogens with one attached hydrogen (secondary N) is 2. The van der Waals surface area contributed by atoms with Gasteiger partial charge in [-0.1, -0.05) is 29.8 Å². The normalized spacial score (nSPS) is 10.8. The van der Waals surface area contributed by atoms with Gasteiger partial charge in [-0.2, -0.15) is 5.10 Å². The molecule has 0 fully saturated rings. The van der Waals surface area contributed by atoms with Crippen LogP contribution in [-0.4, -0.2) is 18.7 Å². The molecule has 0 unspecified atom stereocenters. The molecule has 1 aromatic heterocycles. The van der Waals surface area contributed by atoms with Crippen LogP contribution in [0.3, 0.4) is 0 Å². The molecule has 5 nitrogen and oxygen atoms in total. The smallest absolute Gasteiger partial charge is 0.259 e. The zero-order valence-corrected chi connectivity index (χ0v) is 14.0. The van der Waals surface area contributed by atoms with Crippen LogP contribution in [0.4, 0.5) is 5.69 Å². The molecule has 0 bridgehead atoms. The number of anilines is 1. The molecule has 0 saturated carbocycles. The van der Waals surface area contributed by atoms with Crippen LogP contribution in [0.25, 0.3) is 11.3 Å². The van der Waals surface area contributed by atoms with Crippen molar-refractivity contribution < 1.29 is 9.21 Å². The summed E-state index contributed by atoms with van der Waals surface area (Å²) in [6.07, 6.45) is 1.46. The highest BCUT2D eigenvalue weighted by Gasteiger charge is 2.04. The average molecular weight is 354 g/mol. The van der Waals surface area contributed by atoms with Gasteiger partial charge in [0.15, 0.2) is 0 Å². The molecular weight excluding hydrogens is 338 g/mol. The Labute approximate surface area is 150 Å². The van der Waals surface area contributed by atoms with Crippen molar-refractivity contribution in [3.63, 3.8) is 0 Å². The van der Waals surface area contributed by atoms with Crippen LogP contribution in [0.1, 0.15) is 5.76 Å². The Bertz CT molecular complexity index is 858. The number of para-hydroxylation sites is 1. The molecule has 0 aliphatic rings. The summed E-state index contributed by atoms with van der Waals surface area (Å²) in [6, 6.07) is 20.4. The van der Waals surface area contributed by atoms with Gasteiger partial charge in [-0.15, -0.1) is 0 Å². The molecule has 2 N–H and O–H groups in total. The molecule has 6 heteroatoms. The Hall–Kier alpha value is -3.05. The zero-order chi connectivity index (χ0) is 17.5. The highest BCUT2D eigenvalue weighted by Crippen LogP contribution is 2.23. The predicted octanol–water partition coefficient (Wildman–Crippen LogP) is 4.16. The van der Waals surface area contributed by atoms with Gasteiger partial charge in [-0.25, -0.2) is 5.43 Å². The first-order chi connectivity index (χ1) is 12.2. The first-order valence-electron chi connectivity index (χ1n) is 7.67. The summed E-state index contributed by atoms with van der Waals surface area (Å²) in [5.74, 6) is 1.00. The fourth-order valence-electron chi connectivity index (χ4n) is 2.14. The standard InChI is InChI=1S/C19H16ClN3O2/c20-15-8-6-14(7-9-15)18-11-10-17(25-18)12-22-23-19(24)13-21-16-4-2-1-3-5-16/h1-12,21H,13H2,(H,23,24). The lowest BCUT2D eigenvalue weighted by Crippen LogP contribution is -2.25. The summed E-state index contributed by atoms with van der Waals surface area (Å²) in [6.45, 7) is 0.134. The van der Waals surface area contributed by atoms with Crippen LogP contribution in [0.2, 0.25) is 5.02 Å². The lowest BCUT2D eigenvalue weighted by atomic mass is 10.2. The Morgan fingerprint density at radius 2 is 1.80 bits per heavy atom. The molecule has 0 saturated heterocycles. The second kappa shape index (κ2) is 8.17. The second-order valence-electron chi connectivity index (χ2n) is 5.22. The first-order valence-corrected chi connectivity index (χ1v) is 8.05. The summed E-state index contributed by atoms with van der Waals surface area (Å²) in [7, 11) is 0. The van der Waals surface area contributed by atoms with Crippen molar-refractivity contribution in [2.75, 3.05) is 11.9 Å². The SMILES string of the molecule is O=C(CNc1ccccc1)NN=Cc1ccc(-c2ccc(Cl)cc2)o1. The maximum absolute atomic E-state index is 11.7. The summed E-state index contributed by atoms with van der Waals surface area (Å²) < 4.78 is 5.66. The van der Waals surface area contributed by atoms with Crippen molar-refractivity contribution in [1.82, 2.24) is 5.43 Å². The van der Waals surface area contributed by atoms with E-state index in [-0.39, 0.29) is 12.5 Å². The van der Waals surface area contributed by atoms with Crippen molar-refractivity contribution >= 4 is 29.4 Å². The maximum atomic E-state index is 11.7. The fraction of sp³-hybridized carbons (Fsp3) is 0.0526. The molecule has 1 heterocycles. The second-order valence-corrected chi connectivity index (χ2v) is 5.66. The summed E-state index contributed by atoms with van der Waals surface area (Å²) in [4.78, 5) is 11.7. The van der Waals surface area contributed by atoms with E-state index in [0.717, 1.165) is 11.3 Å². The van der Waals surface area contributed by atoms with E-state index in [1.807, 2.05) is 48.5 Å². The van der Waals surface area contributed by atoms with Crippen LogP contribution in [0, 0.1) is 0 Å². The Morgan fingerprint density at radius 1 is 1.04 bits per heavy atom. The van der Waals surface area contributed by atoms with E-state index in [4.69, 9.17) is 16.0 Å². The van der Waals surface area contributed by atoms with Crippen LogP contribution in [-0.2, 0) is 4.79 Å². The minimum atomic E-state index is -0.246. The molecular formula is C19H16ClN3O2. The van der Waals surface area contributed by atoms with E-state index in [2.05, 4.69) is 15.8 Å². The van der Waals surface area contributed by atoms with Gasteiger partial charge in [-0.3, -0.25) is 4.79 Å². The van der Waals surface area contributed by atoms with Gasteiger partial charge >= 0.3 is 0 Å². The van der Waals surface area contributed by atoms with E-state index in [1.165, 1.54) is 6.21 Å². The summed E-state index contributed by atoms with van der Waals surface area (Å²) in [5, 5.41) is 7.57. The van der Waals surface area contributed by atoms with Crippen molar-refractivity contribution in [3.8, 4) is 11.3 Å². The van der Waals surface area contributed by atoms with Crippen LogP contribution in [0.5, 0.6) is 0 Å². The number of amides is 1. The summed E-state index contributed by atoms with van der Waals surface area (Å²) >= 11 is 5.87. The van der Waals surface area contributed by atoms with Crippen LogP contribution in [0.15, 0.2) is 76.2 Å². The topological polar surface area (TPSA) is 66.6 Å².